The van der Waals surface area contributed by atoms with Crippen molar-refractivity contribution in [1.29, 1.82) is 0 Å². The lowest BCUT2D eigenvalue weighted by Crippen LogP contribution is -2.39. The van der Waals surface area contributed by atoms with Crippen molar-refractivity contribution in [3.05, 3.63) is 81.6 Å². The number of amides is 1. The molecule has 8 nitrogen and oxygen atoms in total. The number of benzene rings is 1. The van der Waals surface area contributed by atoms with Gasteiger partial charge in [-0.05, 0) is 68.9 Å². The number of aryl methyl sites for hydroxylation is 1. The first-order valence-corrected chi connectivity index (χ1v) is 12.6. The van der Waals surface area contributed by atoms with E-state index in [1.807, 2.05) is 48.0 Å². The summed E-state index contributed by atoms with van der Waals surface area (Å²) in [6.07, 6.45) is 6.86. The Hall–Kier alpha value is -3.65. The first kappa shape index (κ1) is 24.1. The lowest BCUT2D eigenvalue weighted by Gasteiger charge is -2.29. The largest absolute Gasteiger partial charge is 0.373 e. The minimum Gasteiger partial charge on any atom is -0.373 e. The van der Waals surface area contributed by atoms with E-state index >= 15 is 0 Å². The normalized spacial score (nSPS) is 17.8. The highest BCUT2D eigenvalue weighted by Crippen LogP contribution is 2.28. The molecule has 4 aromatic rings. The summed E-state index contributed by atoms with van der Waals surface area (Å²) in [5, 5.41) is 6.60. The van der Waals surface area contributed by atoms with E-state index < -0.39 is 0 Å². The van der Waals surface area contributed by atoms with E-state index in [1.165, 1.54) is 0 Å². The number of fused-ring (bicyclic) bond motifs is 1. The van der Waals surface area contributed by atoms with Gasteiger partial charge in [0.1, 0.15) is 5.82 Å². The van der Waals surface area contributed by atoms with E-state index in [1.54, 1.807) is 30.0 Å². The maximum atomic E-state index is 13.6. The van der Waals surface area contributed by atoms with E-state index in [4.69, 9.17) is 11.6 Å². The summed E-state index contributed by atoms with van der Waals surface area (Å²) in [5.74, 6) is 0.971. The van der Waals surface area contributed by atoms with Gasteiger partial charge in [-0.3, -0.25) is 18.9 Å². The van der Waals surface area contributed by atoms with Crippen LogP contribution in [0.2, 0.25) is 5.02 Å². The molecule has 0 saturated heterocycles. The van der Waals surface area contributed by atoms with E-state index in [9.17, 15) is 9.59 Å². The van der Waals surface area contributed by atoms with Gasteiger partial charge in [-0.2, -0.15) is 0 Å². The van der Waals surface area contributed by atoms with Crippen LogP contribution in [0.3, 0.4) is 0 Å². The van der Waals surface area contributed by atoms with E-state index in [0.717, 1.165) is 48.2 Å². The molecule has 1 aliphatic carbocycles. The number of rotatable bonds is 6. The van der Waals surface area contributed by atoms with Crippen molar-refractivity contribution in [2.75, 3.05) is 12.4 Å². The molecule has 0 aliphatic heterocycles. The second-order valence-electron chi connectivity index (χ2n) is 9.35. The summed E-state index contributed by atoms with van der Waals surface area (Å²) in [6, 6.07) is 13.4. The Kier molecular flexibility index (Phi) is 6.78. The van der Waals surface area contributed by atoms with Crippen molar-refractivity contribution in [3.63, 3.8) is 0 Å². The van der Waals surface area contributed by atoms with Crippen LogP contribution in [0.5, 0.6) is 0 Å². The third-order valence-corrected chi connectivity index (χ3v) is 7.23. The van der Waals surface area contributed by atoms with Crippen LogP contribution in [-0.4, -0.2) is 38.1 Å². The molecule has 0 spiro atoms. The molecule has 0 unspecified atom stereocenters. The minimum atomic E-state index is -0.136. The molecule has 1 aromatic carbocycles. The van der Waals surface area contributed by atoms with E-state index in [2.05, 4.69) is 20.6 Å². The van der Waals surface area contributed by atoms with Gasteiger partial charge in [-0.25, -0.2) is 9.78 Å². The molecule has 3 aromatic heterocycles. The van der Waals surface area contributed by atoms with Gasteiger partial charge in [-0.15, -0.1) is 0 Å². The molecule has 1 amide bonds. The van der Waals surface area contributed by atoms with Crippen LogP contribution < -0.4 is 16.3 Å². The monoisotopic (exact) mass is 504 g/mol. The van der Waals surface area contributed by atoms with Gasteiger partial charge in [0.2, 0.25) is 0 Å². The number of aromatic nitrogens is 4. The number of hydrogen-bond acceptors (Lipinski definition) is 5. The number of halogens is 1. The Bertz CT molecular complexity index is 1450. The zero-order valence-electron chi connectivity index (χ0n) is 20.4. The Morgan fingerprint density at radius 3 is 2.50 bits per heavy atom. The number of pyridine rings is 2. The number of para-hydroxylation sites is 2. The highest BCUT2D eigenvalue weighted by Gasteiger charge is 2.25. The van der Waals surface area contributed by atoms with Crippen LogP contribution in [0.4, 0.5) is 5.82 Å². The van der Waals surface area contributed by atoms with Crippen molar-refractivity contribution in [2.24, 2.45) is 5.92 Å². The molecule has 186 valence electrons. The lowest BCUT2D eigenvalue weighted by molar-refractivity contribution is 0.0919. The second kappa shape index (κ2) is 10.1. The number of imidazole rings is 1. The van der Waals surface area contributed by atoms with Crippen molar-refractivity contribution in [1.82, 2.24) is 24.4 Å². The van der Waals surface area contributed by atoms with E-state index in [-0.39, 0.29) is 17.6 Å². The summed E-state index contributed by atoms with van der Waals surface area (Å²) < 4.78 is 3.61. The molecule has 1 fully saturated rings. The predicted molar refractivity (Wildman–Crippen MR) is 142 cm³/mol. The SMILES string of the molecule is CNc1ccc(-n2c(=O)n(CC3CCC(NC(=O)c4cc(Cl)cnc4C)CC3)c3ccccc32)cn1. The Balaban J connectivity index is 1.30. The molecular weight excluding hydrogens is 476 g/mol. The molecular formula is C27H29ClN6O2. The third-order valence-electron chi connectivity index (χ3n) is 7.02. The highest BCUT2D eigenvalue weighted by atomic mass is 35.5. The molecule has 0 atom stereocenters. The van der Waals surface area contributed by atoms with E-state index in [0.29, 0.717) is 28.7 Å². The van der Waals surface area contributed by atoms with Gasteiger partial charge in [0.25, 0.3) is 5.91 Å². The molecule has 3 heterocycles. The summed E-state index contributed by atoms with van der Waals surface area (Å²) in [6.45, 7) is 2.45. The van der Waals surface area contributed by atoms with Crippen LogP contribution in [-0.2, 0) is 6.54 Å². The minimum absolute atomic E-state index is 0.0606. The molecule has 0 bridgehead atoms. The van der Waals surface area contributed by atoms with Crippen LogP contribution in [0.25, 0.3) is 16.7 Å². The zero-order chi connectivity index (χ0) is 25.2. The fourth-order valence-corrected chi connectivity index (χ4v) is 5.21. The van der Waals surface area contributed by atoms with Gasteiger partial charge in [0, 0.05) is 25.8 Å². The second-order valence-corrected chi connectivity index (χ2v) is 9.78. The van der Waals surface area contributed by atoms with Crippen molar-refractivity contribution in [2.45, 2.75) is 45.2 Å². The van der Waals surface area contributed by atoms with Crippen molar-refractivity contribution >= 4 is 34.4 Å². The van der Waals surface area contributed by atoms with Gasteiger partial charge >= 0.3 is 5.69 Å². The number of carbonyl (C=O) groups excluding carboxylic acids is 1. The maximum absolute atomic E-state index is 13.6. The number of nitrogens with one attached hydrogen (secondary N) is 2. The average molecular weight is 505 g/mol. The molecule has 2 N–H and O–H groups in total. The zero-order valence-corrected chi connectivity index (χ0v) is 21.1. The molecule has 36 heavy (non-hydrogen) atoms. The summed E-state index contributed by atoms with van der Waals surface area (Å²) >= 11 is 6.03. The molecule has 1 saturated carbocycles. The van der Waals surface area contributed by atoms with Crippen LogP contribution >= 0.6 is 11.6 Å². The highest BCUT2D eigenvalue weighted by molar-refractivity contribution is 6.30. The predicted octanol–water partition coefficient (Wildman–Crippen LogP) is 4.57. The fraction of sp³-hybridized carbons (Fsp3) is 0.333. The quantitative estimate of drug-likeness (QED) is 0.401. The Morgan fingerprint density at radius 1 is 1.06 bits per heavy atom. The summed E-state index contributed by atoms with van der Waals surface area (Å²) in [5.41, 5.74) is 3.65. The Morgan fingerprint density at radius 2 is 1.81 bits per heavy atom. The fourth-order valence-electron chi connectivity index (χ4n) is 5.05. The lowest BCUT2D eigenvalue weighted by atomic mass is 9.85. The molecule has 0 radical (unpaired) electrons. The maximum Gasteiger partial charge on any atom is 0.333 e. The molecule has 5 rings (SSSR count). The third kappa shape index (κ3) is 4.73. The molecule has 9 heteroatoms. The van der Waals surface area contributed by atoms with Crippen LogP contribution in [0.1, 0.15) is 41.7 Å². The number of hydrogen-bond donors (Lipinski definition) is 2. The number of nitrogens with zero attached hydrogens (tertiary/aromatic N) is 4. The smallest absolute Gasteiger partial charge is 0.333 e. The van der Waals surface area contributed by atoms with Gasteiger partial charge < -0.3 is 10.6 Å². The van der Waals surface area contributed by atoms with Crippen molar-refractivity contribution in [3.8, 4) is 5.69 Å². The average Bonchev–Trinajstić information content (AvgIpc) is 3.17. The van der Waals surface area contributed by atoms with Gasteiger partial charge in [0.05, 0.1) is 39.2 Å². The van der Waals surface area contributed by atoms with Crippen LogP contribution in [0.15, 0.2) is 59.7 Å². The summed E-state index contributed by atoms with van der Waals surface area (Å²) in [7, 11) is 1.82. The Labute approximate surface area is 214 Å². The first-order chi connectivity index (χ1) is 17.4. The van der Waals surface area contributed by atoms with Gasteiger partial charge in [-0.1, -0.05) is 23.7 Å². The van der Waals surface area contributed by atoms with Gasteiger partial charge in [0.15, 0.2) is 0 Å². The topological polar surface area (TPSA) is 93.8 Å². The number of anilines is 1. The molecule has 1 aliphatic rings. The number of carbonyl (C=O) groups is 1. The summed E-state index contributed by atoms with van der Waals surface area (Å²) in [4.78, 5) is 34.9. The standard InChI is InChI=1S/C27H29ClN6O2/c1-17-22(13-19(28)14-30-17)26(35)32-20-9-7-18(8-10-20)16-33-23-5-3-4-6-24(23)34(27(33)36)21-11-12-25(29-2)31-15-21/h3-6,11-15,18,20H,7-10,16H2,1-2H3,(H,29,31)(H,32,35). The van der Waals surface area contributed by atoms with Crippen molar-refractivity contribution < 1.29 is 4.79 Å². The van der Waals surface area contributed by atoms with Crippen LogP contribution in [0, 0.1) is 12.8 Å². The first-order valence-electron chi connectivity index (χ1n) is 12.2.